The Hall–Kier alpha value is -2.33. The van der Waals surface area contributed by atoms with Gasteiger partial charge in [0.25, 0.3) is 0 Å². The van der Waals surface area contributed by atoms with Crippen LogP contribution in [0.3, 0.4) is 0 Å². The Morgan fingerprint density at radius 3 is 2.81 bits per heavy atom. The SMILES string of the molecule is Cc1ccccc1CN1CC(C(=O)NCCc2cccc(Cl)c2)CC1=O. The molecular weight excluding hydrogens is 348 g/mol. The molecule has 26 heavy (non-hydrogen) atoms. The summed E-state index contributed by atoms with van der Waals surface area (Å²) in [6.45, 7) is 3.63. The normalized spacial score (nSPS) is 16.8. The summed E-state index contributed by atoms with van der Waals surface area (Å²) >= 11 is 5.97. The zero-order valence-electron chi connectivity index (χ0n) is 14.9. The molecule has 2 aromatic rings. The van der Waals surface area contributed by atoms with E-state index >= 15 is 0 Å². The third kappa shape index (κ3) is 4.64. The van der Waals surface area contributed by atoms with Crippen molar-refractivity contribution in [2.75, 3.05) is 13.1 Å². The second kappa shape index (κ2) is 8.37. The van der Waals surface area contributed by atoms with Crippen LogP contribution in [-0.4, -0.2) is 29.8 Å². The van der Waals surface area contributed by atoms with E-state index in [0.29, 0.717) is 24.7 Å². The van der Waals surface area contributed by atoms with E-state index in [4.69, 9.17) is 11.6 Å². The summed E-state index contributed by atoms with van der Waals surface area (Å²) in [5.74, 6) is -0.276. The monoisotopic (exact) mass is 370 g/mol. The summed E-state index contributed by atoms with van der Waals surface area (Å²) < 4.78 is 0. The molecule has 0 saturated carbocycles. The summed E-state index contributed by atoms with van der Waals surface area (Å²) in [5.41, 5.74) is 3.37. The first-order valence-corrected chi connectivity index (χ1v) is 9.25. The number of nitrogens with zero attached hydrogens (tertiary/aromatic N) is 1. The summed E-state index contributed by atoms with van der Waals surface area (Å²) in [7, 11) is 0. The Balaban J connectivity index is 1.50. The van der Waals surface area contributed by atoms with Crippen LogP contribution in [0, 0.1) is 12.8 Å². The maximum atomic E-state index is 12.4. The molecule has 0 spiro atoms. The average molecular weight is 371 g/mol. The van der Waals surface area contributed by atoms with Gasteiger partial charge < -0.3 is 10.2 Å². The van der Waals surface area contributed by atoms with E-state index in [0.717, 1.165) is 23.1 Å². The quantitative estimate of drug-likeness (QED) is 0.847. The highest BCUT2D eigenvalue weighted by Gasteiger charge is 2.34. The van der Waals surface area contributed by atoms with E-state index < -0.39 is 0 Å². The molecule has 1 atom stereocenters. The molecule has 0 aromatic heterocycles. The number of carbonyl (C=O) groups excluding carboxylic acids is 2. The Kier molecular flexibility index (Phi) is 5.94. The van der Waals surface area contributed by atoms with Crippen LogP contribution in [0.15, 0.2) is 48.5 Å². The van der Waals surface area contributed by atoms with Gasteiger partial charge in [-0.25, -0.2) is 0 Å². The van der Waals surface area contributed by atoms with Gasteiger partial charge in [-0.3, -0.25) is 9.59 Å². The molecule has 1 N–H and O–H groups in total. The number of nitrogens with one attached hydrogen (secondary N) is 1. The van der Waals surface area contributed by atoms with Crippen LogP contribution < -0.4 is 5.32 Å². The lowest BCUT2D eigenvalue weighted by Gasteiger charge is -2.18. The molecule has 1 saturated heterocycles. The molecule has 1 heterocycles. The smallest absolute Gasteiger partial charge is 0.225 e. The second-order valence-electron chi connectivity index (χ2n) is 6.77. The maximum Gasteiger partial charge on any atom is 0.225 e. The molecule has 5 heteroatoms. The maximum absolute atomic E-state index is 12.4. The minimum absolute atomic E-state index is 0.0447. The van der Waals surface area contributed by atoms with Crippen molar-refractivity contribution in [3.8, 4) is 0 Å². The van der Waals surface area contributed by atoms with Gasteiger partial charge >= 0.3 is 0 Å². The number of likely N-dealkylation sites (tertiary alicyclic amines) is 1. The van der Waals surface area contributed by atoms with E-state index in [9.17, 15) is 9.59 Å². The number of hydrogen-bond donors (Lipinski definition) is 1. The Morgan fingerprint density at radius 1 is 1.23 bits per heavy atom. The van der Waals surface area contributed by atoms with Crippen LogP contribution in [0.2, 0.25) is 5.02 Å². The number of hydrogen-bond acceptors (Lipinski definition) is 2. The van der Waals surface area contributed by atoms with Crippen LogP contribution in [0.25, 0.3) is 0 Å². The van der Waals surface area contributed by atoms with Crippen molar-refractivity contribution < 1.29 is 9.59 Å². The molecule has 1 fully saturated rings. The molecule has 4 nitrogen and oxygen atoms in total. The molecule has 0 aliphatic carbocycles. The summed E-state index contributed by atoms with van der Waals surface area (Å²) in [6, 6.07) is 15.6. The number of amides is 2. The Bertz CT molecular complexity index is 806. The van der Waals surface area contributed by atoms with Gasteiger partial charge in [0.1, 0.15) is 0 Å². The highest BCUT2D eigenvalue weighted by atomic mass is 35.5. The molecule has 0 radical (unpaired) electrons. The van der Waals surface area contributed by atoms with Crippen molar-refractivity contribution in [2.45, 2.75) is 26.3 Å². The fourth-order valence-corrected chi connectivity index (χ4v) is 3.47. The van der Waals surface area contributed by atoms with Crippen LogP contribution in [0.5, 0.6) is 0 Å². The van der Waals surface area contributed by atoms with E-state index in [-0.39, 0.29) is 24.2 Å². The molecular formula is C21H23ClN2O2. The molecule has 2 aromatic carbocycles. The lowest BCUT2D eigenvalue weighted by Crippen LogP contribution is -2.34. The molecule has 2 amide bonds. The minimum Gasteiger partial charge on any atom is -0.355 e. The van der Waals surface area contributed by atoms with Crippen LogP contribution >= 0.6 is 11.6 Å². The standard InChI is InChI=1S/C21H23ClN2O2/c1-15-5-2-3-7-17(15)13-24-14-18(12-20(24)25)21(26)23-10-9-16-6-4-8-19(22)11-16/h2-8,11,18H,9-10,12-14H2,1H3,(H,23,26). The summed E-state index contributed by atoms with van der Waals surface area (Å²) in [5, 5.41) is 3.64. The summed E-state index contributed by atoms with van der Waals surface area (Å²) in [6.07, 6.45) is 1.01. The highest BCUT2D eigenvalue weighted by molar-refractivity contribution is 6.30. The van der Waals surface area contributed by atoms with E-state index in [1.165, 1.54) is 0 Å². The first-order chi connectivity index (χ1) is 12.5. The lowest BCUT2D eigenvalue weighted by molar-refractivity contribution is -0.129. The lowest BCUT2D eigenvalue weighted by atomic mass is 10.1. The zero-order valence-corrected chi connectivity index (χ0v) is 15.6. The van der Waals surface area contributed by atoms with Crippen LogP contribution in [0.4, 0.5) is 0 Å². The first kappa shape index (κ1) is 18.5. The molecule has 3 rings (SSSR count). The number of carbonyl (C=O) groups is 2. The first-order valence-electron chi connectivity index (χ1n) is 8.87. The van der Waals surface area contributed by atoms with Gasteiger partial charge in [0.2, 0.25) is 11.8 Å². The molecule has 0 bridgehead atoms. The molecule has 1 unspecified atom stereocenters. The largest absolute Gasteiger partial charge is 0.355 e. The molecule has 1 aliphatic rings. The van der Waals surface area contributed by atoms with E-state index in [2.05, 4.69) is 5.32 Å². The van der Waals surface area contributed by atoms with Crippen molar-refractivity contribution in [3.05, 3.63) is 70.2 Å². The van der Waals surface area contributed by atoms with Crippen molar-refractivity contribution in [1.29, 1.82) is 0 Å². The second-order valence-corrected chi connectivity index (χ2v) is 7.21. The van der Waals surface area contributed by atoms with Crippen LogP contribution in [-0.2, 0) is 22.6 Å². The predicted molar refractivity (Wildman–Crippen MR) is 103 cm³/mol. The number of benzene rings is 2. The number of halogens is 1. The van der Waals surface area contributed by atoms with Crippen LogP contribution in [0.1, 0.15) is 23.1 Å². The summed E-state index contributed by atoms with van der Waals surface area (Å²) in [4.78, 5) is 26.4. The van der Waals surface area contributed by atoms with Gasteiger partial charge in [-0.1, -0.05) is 48.0 Å². The van der Waals surface area contributed by atoms with Gasteiger partial charge in [-0.2, -0.15) is 0 Å². The molecule has 136 valence electrons. The minimum atomic E-state index is -0.272. The fraction of sp³-hybridized carbons (Fsp3) is 0.333. The Labute approximate surface area is 159 Å². The van der Waals surface area contributed by atoms with Crippen molar-refractivity contribution >= 4 is 23.4 Å². The number of aryl methyl sites for hydroxylation is 1. The Morgan fingerprint density at radius 2 is 2.04 bits per heavy atom. The van der Waals surface area contributed by atoms with Gasteiger partial charge in [0.05, 0.1) is 5.92 Å². The van der Waals surface area contributed by atoms with E-state index in [1.54, 1.807) is 4.90 Å². The third-order valence-corrected chi connectivity index (χ3v) is 5.04. The highest BCUT2D eigenvalue weighted by Crippen LogP contribution is 2.21. The number of rotatable bonds is 6. The zero-order chi connectivity index (χ0) is 18.5. The average Bonchev–Trinajstić information content (AvgIpc) is 2.98. The molecule has 1 aliphatic heterocycles. The van der Waals surface area contributed by atoms with Gasteiger partial charge in [-0.05, 0) is 42.2 Å². The van der Waals surface area contributed by atoms with Gasteiger partial charge in [-0.15, -0.1) is 0 Å². The fourth-order valence-electron chi connectivity index (χ4n) is 3.26. The van der Waals surface area contributed by atoms with Gasteiger partial charge in [0.15, 0.2) is 0 Å². The van der Waals surface area contributed by atoms with Crippen molar-refractivity contribution in [3.63, 3.8) is 0 Å². The van der Waals surface area contributed by atoms with Crippen molar-refractivity contribution in [2.24, 2.45) is 5.92 Å². The van der Waals surface area contributed by atoms with E-state index in [1.807, 2.05) is 55.5 Å². The predicted octanol–water partition coefficient (Wildman–Crippen LogP) is 3.36. The van der Waals surface area contributed by atoms with Gasteiger partial charge in [0, 0.05) is 31.1 Å². The third-order valence-electron chi connectivity index (χ3n) is 4.81. The topological polar surface area (TPSA) is 49.4 Å². The van der Waals surface area contributed by atoms with Crippen molar-refractivity contribution in [1.82, 2.24) is 10.2 Å².